The van der Waals surface area contributed by atoms with E-state index in [0.29, 0.717) is 13.1 Å². The summed E-state index contributed by atoms with van der Waals surface area (Å²) < 4.78 is 0. The molecule has 1 fully saturated rings. The molecule has 5 heteroatoms. The molecule has 1 amide bonds. The lowest BCUT2D eigenvalue weighted by Crippen LogP contribution is -2.60. The van der Waals surface area contributed by atoms with Gasteiger partial charge in [0.1, 0.15) is 5.84 Å². The van der Waals surface area contributed by atoms with E-state index in [1.807, 2.05) is 35.2 Å². The summed E-state index contributed by atoms with van der Waals surface area (Å²) in [6.07, 6.45) is 1.88. The summed E-state index contributed by atoms with van der Waals surface area (Å²) >= 11 is 0. The maximum atomic E-state index is 12.6. The molecular formula is C15H16N4O. The van der Waals surface area contributed by atoms with Crippen molar-refractivity contribution in [2.75, 3.05) is 24.5 Å². The third-order valence-corrected chi connectivity index (χ3v) is 4.06. The number of amidine groups is 1. The molecule has 1 aromatic carbocycles. The molecule has 1 unspecified atom stereocenters. The van der Waals surface area contributed by atoms with Crippen LogP contribution in [-0.4, -0.2) is 42.2 Å². The standard InChI is InChI=1S/C15H16N4O/c20-14-12-7-4-8-16-13(12)19(11-5-2-1-3-6-11)15-17-9-10-18(14)15/h1-3,5-6,12H,4,7-10H2. The van der Waals surface area contributed by atoms with Crippen molar-refractivity contribution in [1.82, 2.24) is 4.90 Å². The van der Waals surface area contributed by atoms with Gasteiger partial charge in [-0.2, -0.15) is 0 Å². The lowest BCUT2D eigenvalue weighted by molar-refractivity contribution is -0.129. The van der Waals surface area contributed by atoms with Crippen LogP contribution in [0.2, 0.25) is 0 Å². The van der Waals surface area contributed by atoms with Crippen LogP contribution in [0.5, 0.6) is 0 Å². The average Bonchev–Trinajstić information content (AvgIpc) is 2.98. The fourth-order valence-electron chi connectivity index (χ4n) is 3.14. The molecule has 0 aromatic heterocycles. The van der Waals surface area contributed by atoms with Gasteiger partial charge in [0.15, 0.2) is 0 Å². The van der Waals surface area contributed by atoms with E-state index in [4.69, 9.17) is 0 Å². The van der Waals surface area contributed by atoms with Gasteiger partial charge in [0.2, 0.25) is 11.9 Å². The Balaban J connectivity index is 1.85. The second-order valence-corrected chi connectivity index (χ2v) is 5.28. The number of para-hydroxylation sites is 1. The molecule has 1 aromatic rings. The van der Waals surface area contributed by atoms with Crippen LogP contribution in [0.25, 0.3) is 0 Å². The van der Waals surface area contributed by atoms with Crippen molar-refractivity contribution in [2.45, 2.75) is 12.8 Å². The Kier molecular flexibility index (Phi) is 2.58. The number of carbonyl (C=O) groups excluding carboxylic acids is 1. The van der Waals surface area contributed by atoms with E-state index in [9.17, 15) is 4.79 Å². The Morgan fingerprint density at radius 2 is 1.95 bits per heavy atom. The molecule has 3 aliphatic rings. The van der Waals surface area contributed by atoms with Crippen molar-refractivity contribution in [3.8, 4) is 0 Å². The predicted molar refractivity (Wildman–Crippen MR) is 78.0 cm³/mol. The second kappa shape index (κ2) is 4.44. The number of hydrogen-bond acceptors (Lipinski definition) is 4. The number of guanidine groups is 1. The molecule has 102 valence electrons. The minimum atomic E-state index is -0.0963. The van der Waals surface area contributed by atoms with Gasteiger partial charge >= 0.3 is 0 Å². The van der Waals surface area contributed by atoms with Crippen LogP contribution in [0.15, 0.2) is 40.3 Å². The molecule has 1 saturated heterocycles. The van der Waals surface area contributed by atoms with E-state index in [1.54, 1.807) is 0 Å². The molecular weight excluding hydrogens is 252 g/mol. The van der Waals surface area contributed by atoms with Crippen LogP contribution in [0, 0.1) is 5.92 Å². The van der Waals surface area contributed by atoms with Gasteiger partial charge in [-0.15, -0.1) is 0 Å². The fraction of sp³-hybridized carbons (Fsp3) is 0.400. The van der Waals surface area contributed by atoms with Gasteiger partial charge in [0.25, 0.3) is 0 Å². The molecule has 0 N–H and O–H groups in total. The molecule has 0 spiro atoms. The second-order valence-electron chi connectivity index (χ2n) is 5.28. The summed E-state index contributed by atoms with van der Waals surface area (Å²) in [7, 11) is 0. The zero-order valence-electron chi connectivity index (χ0n) is 11.2. The average molecular weight is 268 g/mol. The molecule has 1 atom stereocenters. The number of anilines is 1. The summed E-state index contributed by atoms with van der Waals surface area (Å²) in [4.78, 5) is 25.6. The Hall–Kier alpha value is -2.17. The third kappa shape index (κ3) is 1.59. The first-order valence-corrected chi connectivity index (χ1v) is 7.11. The van der Waals surface area contributed by atoms with Gasteiger partial charge in [-0.05, 0) is 25.0 Å². The van der Waals surface area contributed by atoms with E-state index in [2.05, 4.69) is 14.9 Å². The molecule has 20 heavy (non-hydrogen) atoms. The molecule has 0 radical (unpaired) electrons. The number of hydrogen-bond donors (Lipinski definition) is 0. The van der Waals surface area contributed by atoms with Crippen LogP contribution < -0.4 is 4.90 Å². The summed E-state index contributed by atoms with van der Waals surface area (Å²) in [5.41, 5.74) is 1.04. The summed E-state index contributed by atoms with van der Waals surface area (Å²) in [5, 5.41) is 0. The van der Waals surface area contributed by atoms with Crippen molar-refractivity contribution in [3.63, 3.8) is 0 Å². The van der Waals surface area contributed by atoms with Crippen LogP contribution >= 0.6 is 0 Å². The molecule has 0 saturated carbocycles. The molecule has 0 bridgehead atoms. The highest BCUT2D eigenvalue weighted by atomic mass is 16.2. The van der Waals surface area contributed by atoms with Crippen molar-refractivity contribution in [1.29, 1.82) is 0 Å². The normalized spacial score (nSPS) is 25.0. The number of benzene rings is 1. The molecule has 4 rings (SSSR count). The maximum Gasteiger partial charge on any atom is 0.240 e. The number of fused-ring (bicyclic) bond motifs is 2. The van der Waals surface area contributed by atoms with Crippen LogP contribution in [0.3, 0.4) is 0 Å². The number of carbonyl (C=O) groups is 1. The highest BCUT2D eigenvalue weighted by Crippen LogP contribution is 2.31. The highest BCUT2D eigenvalue weighted by Gasteiger charge is 2.45. The first kappa shape index (κ1) is 11.6. The smallest absolute Gasteiger partial charge is 0.240 e. The van der Waals surface area contributed by atoms with Gasteiger partial charge in [-0.25, -0.2) is 0 Å². The van der Waals surface area contributed by atoms with E-state index in [1.165, 1.54) is 0 Å². The van der Waals surface area contributed by atoms with E-state index in [-0.39, 0.29) is 11.8 Å². The van der Waals surface area contributed by atoms with Crippen molar-refractivity contribution in [2.24, 2.45) is 15.9 Å². The Bertz CT molecular complexity index is 608. The van der Waals surface area contributed by atoms with E-state index >= 15 is 0 Å². The summed E-state index contributed by atoms with van der Waals surface area (Å²) in [6.45, 7) is 2.18. The number of aliphatic imine (C=N–C) groups is 2. The monoisotopic (exact) mass is 268 g/mol. The fourth-order valence-corrected chi connectivity index (χ4v) is 3.14. The predicted octanol–water partition coefficient (Wildman–Crippen LogP) is 1.51. The van der Waals surface area contributed by atoms with Gasteiger partial charge in [0.05, 0.1) is 18.2 Å². The zero-order chi connectivity index (χ0) is 13.5. The number of amides is 1. The summed E-state index contributed by atoms with van der Waals surface area (Å²) in [5.74, 6) is 1.70. The van der Waals surface area contributed by atoms with Crippen LogP contribution in [0.1, 0.15) is 12.8 Å². The minimum Gasteiger partial charge on any atom is -0.280 e. The molecule has 0 aliphatic carbocycles. The van der Waals surface area contributed by atoms with Gasteiger partial charge in [0, 0.05) is 13.1 Å². The SMILES string of the molecule is O=C1C2CCCN=C2N(c2ccccc2)C2=NCCN12. The van der Waals surface area contributed by atoms with Crippen molar-refractivity contribution >= 4 is 23.4 Å². The first-order chi connectivity index (χ1) is 9.86. The molecule has 5 nitrogen and oxygen atoms in total. The van der Waals surface area contributed by atoms with Crippen molar-refractivity contribution < 1.29 is 4.79 Å². The van der Waals surface area contributed by atoms with Gasteiger partial charge in [-0.3, -0.25) is 24.6 Å². The minimum absolute atomic E-state index is 0.0963. The Morgan fingerprint density at radius 3 is 2.80 bits per heavy atom. The van der Waals surface area contributed by atoms with E-state index in [0.717, 1.165) is 36.9 Å². The lowest BCUT2D eigenvalue weighted by Gasteiger charge is -2.41. The van der Waals surface area contributed by atoms with Crippen LogP contribution in [0.4, 0.5) is 5.69 Å². The topological polar surface area (TPSA) is 48.3 Å². The van der Waals surface area contributed by atoms with Gasteiger partial charge in [-0.1, -0.05) is 18.2 Å². The Labute approximate surface area is 117 Å². The lowest BCUT2D eigenvalue weighted by atomic mass is 9.94. The van der Waals surface area contributed by atoms with Crippen LogP contribution in [-0.2, 0) is 4.79 Å². The zero-order valence-corrected chi connectivity index (χ0v) is 11.2. The third-order valence-electron chi connectivity index (χ3n) is 4.06. The van der Waals surface area contributed by atoms with E-state index < -0.39 is 0 Å². The number of nitrogens with zero attached hydrogens (tertiary/aromatic N) is 4. The Morgan fingerprint density at radius 1 is 1.10 bits per heavy atom. The maximum absolute atomic E-state index is 12.6. The quantitative estimate of drug-likeness (QED) is 0.775. The largest absolute Gasteiger partial charge is 0.280 e. The molecule has 3 heterocycles. The number of rotatable bonds is 1. The van der Waals surface area contributed by atoms with Gasteiger partial charge < -0.3 is 0 Å². The highest BCUT2D eigenvalue weighted by molar-refractivity contribution is 6.31. The summed E-state index contributed by atoms with van der Waals surface area (Å²) in [6, 6.07) is 10.1. The molecule has 3 aliphatic heterocycles. The first-order valence-electron chi connectivity index (χ1n) is 7.11. The van der Waals surface area contributed by atoms with Crippen molar-refractivity contribution in [3.05, 3.63) is 30.3 Å².